The fourth-order valence-electron chi connectivity index (χ4n) is 1.44. The second kappa shape index (κ2) is 6.15. The molecule has 6 nitrogen and oxygen atoms in total. The molecule has 0 aliphatic heterocycles. The average Bonchev–Trinajstić information content (AvgIpc) is 2.27. The maximum Gasteiger partial charge on any atom is 0.386 e. The first-order chi connectivity index (χ1) is 8.00. The Hall–Kier alpha value is -1.69. The van der Waals surface area contributed by atoms with E-state index in [0.717, 1.165) is 13.0 Å². The van der Waals surface area contributed by atoms with Gasteiger partial charge < -0.3 is 20.3 Å². The SMILES string of the molecule is CC(CCN(C)C)Nc1cccnc1[N+](=O)[O-]. The van der Waals surface area contributed by atoms with Crippen molar-refractivity contribution in [2.45, 2.75) is 19.4 Å². The minimum Gasteiger partial charge on any atom is -0.376 e. The third-order valence-corrected chi connectivity index (χ3v) is 2.37. The summed E-state index contributed by atoms with van der Waals surface area (Å²) in [6.07, 6.45) is 2.34. The molecule has 1 heterocycles. The van der Waals surface area contributed by atoms with Crippen molar-refractivity contribution in [2.24, 2.45) is 0 Å². The van der Waals surface area contributed by atoms with Gasteiger partial charge in [-0.1, -0.05) is 0 Å². The Morgan fingerprint density at radius 2 is 2.29 bits per heavy atom. The maximum absolute atomic E-state index is 10.8. The Morgan fingerprint density at radius 3 is 2.88 bits per heavy atom. The number of aromatic nitrogens is 1. The molecule has 6 heteroatoms. The van der Waals surface area contributed by atoms with Gasteiger partial charge in [0.1, 0.15) is 11.9 Å². The minimum atomic E-state index is -0.471. The highest BCUT2D eigenvalue weighted by Gasteiger charge is 2.15. The van der Waals surface area contributed by atoms with Gasteiger partial charge in [0, 0.05) is 6.04 Å². The third-order valence-electron chi connectivity index (χ3n) is 2.37. The predicted octanol–water partition coefficient (Wildman–Crippen LogP) is 1.74. The number of hydrogen-bond acceptors (Lipinski definition) is 5. The van der Waals surface area contributed by atoms with E-state index in [1.54, 1.807) is 12.1 Å². The summed E-state index contributed by atoms with van der Waals surface area (Å²) in [7, 11) is 4.00. The Kier molecular flexibility index (Phi) is 4.84. The summed E-state index contributed by atoms with van der Waals surface area (Å²) in [5, 5.41) is 13.9. The van der Waals surface area contributed by atoms with Crippen LogP contribution in [0.4, 0.5) is 11.5 Å². The minimum absolute atomic E-state index is 0.121. The second-order valence-corrected chi connectivity index (χ2v) is 4.27. The molecule has 1 aromatic heterocycles. The van der Waals surface area contributed by atoms with E-state index in [9.17, 15) is 10.1 Å². The van der Waals surface area contributed by atoms with Gasteiger partial charge in [-0.05, 0) is 56.0 Å². The maximum atomic E-state index is 10.8. The molecule has 94 valence electrons. The fourth-order valence-corrected chi connectivity index (χ4v) is 1.44. The molecule has 1 unspecified atom stereocenters. The topological polar surface area (TPSA) is 71.3 Å². The van der Waals surface area contributed by atoms with Gasteiger partial charge in [0.25, 0.3) is 0 Å². The lowest BCUT2D eigenvalue weighted by Crippen LogP contribution is -2.23. The van der Waals surface area contributed by atoms with Crippen molar-refractivity contribution in [1.82, 2.24) is 9.88 Å². The molecule has 17 heavy (non-hydrogen) atoms. The lowest BCUT2D eigenvalue weighted by Gasteiger charge is -2.17. The Morgan fingerprint density at radius 1 is 1.59 bits per heavy atom. The van der Waals surface area contributed by atoms with Gasteiger partial charge in [-0.15, -0.1) is 0 Å². The summed E-state index contributed by atoms with van der Waals surface area (Å²) in [6.45, 7) is 2.93. The van der Waals surface area contributed by atoms with E-state index < -0.39 is 4.92 Å². The van der Waals surface area contributed by atoms with Crippen molar-refractivity contribution in [1.29, 1.82) is 0 Å². The molecule has 0 aromatic carbocycles. The van der Waals surface area contributed by atoms with Gasteiger partial charge in [-0.2, -0.15) is 0 Å². The van der Waals surface area contributed by atoms with Crippen LogP contribution in [0.1, 0.15) is 13.3 Å². The fraction of sp³-hybridized carbons (Fsp3) is 0.545. The summed E-state index contributed by atoms with van der Waals surface area (Å²) in [6, 6.07) is 3.53. The molecule has 0 amide bonds. The van der Waals surface area contributed by atoms with Crippen LogP contribution in [-0.2, 0) is 0 Å². The number of rotatable bonds is 6. The van der Waals surface area contributed by atoms with Gasteiger partial charge in [0.05, 0.1) is 0 Å². The molecule has 0 aliphatic carbocycles. The van der Waals surface area contributed by atoms with Crippen molar-refractivity contribution in [3.8, 4) is 0 Å². The Labute approximate surface area is 101 Å². The molecule has 0 bridgehead atoms. The van der Waals surface area contributed by atoms with Gasteiger partial charge in [0.15, 0.2) is 0 Å². The second-order valence-electron chi connectivity index (χ2n) is 4.27. The van der Waals surface area contributed by atoms with Gasteiger partial charge in [-0.25, -0.2) is 0 Å². The molecule has 0 aliphatic rings. The van der Waals surface area contributed by atoms with Crippen LogP contribution in [0.2, 0.25) is 0 Å². The molecule has 0 fully saturated rings. The first kappa shape index (κ1) is 13.4. The number of pyridine rings is 1. The molecular formula is C11H18N4O2. The lowest BCUT2D eigenvalue weighted by atomic mass is 10.2. The number of hydrogen-bond donors (Lipinski definition) is 1. The van der Waals surface area contributed by atoms with Crippen molar-refractivity contribution in [3.05, 3.63) is 28.4 Å². The molecule has 0 saturated heterocycles. The van der Waals surface area contributed by atoms with Crippen molar-refractivity contribution < 1.29 is 4.92 Å². The summed E-state index contributed by atoms with van der Waals surface area (Å²) in [5.74, 6) is -0.121. The molecule has 0 saturated carbocycles. The van der Waals surface area contributed by atoms with E-state index in [1.807, 2.05) is 21.0 Å². The van der Waals surface area contributed by atoms with Crippen LogP contribution >= 0.6 is 0 Å². The van der Waals surface area contributed by atoms with Crippen LogP contribution in [-0.4, -0.2) is 41.5 Å². The highest BCUT2D eigenvalue weighted by Crippen LogP contribution is 2.21. The smallest absolute Gasteiger partial charge is 0.376 e. The zero-order valence-electron chi connectivity index (χ0n) is 10.4. The molecule has 1 aromatic rings. The van der Waals surface area contributed by atoms with Crippen molar-refractivity contribution >= 4 is 11.5 Å². The van der Waals surface area contributed by atoms with Crippen LogP contribution < -0.4 is 5.32 Å². The highest BCUT2D eigenvalue weighted by molar-refractivity contribution is 5.56. The lowest BCUT2D eigenvalue weighted by molar-refractivity contribution is -0.388. The number of nitro groups is 1. The Balaban J connectivity index is 2.64. The van der Waals surface area contributed by atoms with Crippen molar-refractivity contribution in [2.75, 3.05) is 26.0 Å². The van der Waals surface area contributed by atoms with E-state index in [-0.39, 0.29) is 11.9 Å². The quantitative estimate of drug-likeness (QED) is 0.603. The van der Waals surface area contributed by atoms with E-state index >= 15 is 0 Å². The van der Waals surface area contributed by atoms with Crippen LogP contribution in [0, 0.1) is 10.1 Å². The summed E-state index contributed by atoms with van der Waals surface area (Å²) < 4.78 is 0. The van der Waals surface area contributed by atoms with Gasteiger partial charge in [-0.3, -0.25) is 0 Å². The third kappa shape index (κ3) is 4.36. The Bertz CT molecular complexity index is 381. The first-order valence-electron chi connectivity index (χ1n) is 5.51. The zero-order valence-corrected chi connectivity index (χ0v) is 10.4. The highest BCUT2D eigenvalue weighted by atomic mass is 16.6. The summed E-state index contributed by atoms with van der Waals surface area (Å²) in [5.41, 5.74) is 0.476. The van der Waals surface area contributed by atoms with Crippen molar-refractivity contribution in [3.63, 3.8) is 0 Å². The monoisotopic (exact) mass is 238 g/mol. The number of anilines is 1. The van der Waals surface area contributed by atoms with Crippen LogP contribution in [0.25, 0.3) is 0 Å². The zero-order chi connectivity index (χ0) is 12.8. The predicted molar refractivity (Wildman–Crippen MR) is 67.1 cm³/mol. The molecule has 1 atom stereocenters. The van der Waals surface area contributed by atoms with Gasteiger partial charge >= 0.3 is 5.82 Å². The van der Waals surface area contributed by atoms with Gasteiger partial charge in [0.2, 0.25) is 0 Å². The summed E-state index contributed by atoms with van der Waals surface area (Å²) >= 11 is 0. The molecule has 1 rings (SSSR count). The van der Waals surface area contributed by atoms with Crippen LogP contribution in [0.15, 0.2) is 18.3 Å². The number of nitrogens with zero attached hydrogens (tertiary/aromatic N) is 3. The van der Waals surface area contributed by atoms with Crippen LogP contribution in [0.3, 0.4) is 0 Å². The molecule has 0 spiro atoms. The van der Waals surface area contributed by atoms with Crippen LogP contribution in [0.5, 0.6) is 0 Å². The van der Waals surface area contributed by atoms with E-state index in [2.05, 4.69) is 15.2 Å². The molecular weight excluding hydrogens is 220 g/mol. The van der Waals surface area contributed by atoms with E-state index in [4.69, 9.17) is 0 Å². The number of nitrogens with one attached hydrogen (secondary N) is 1. The average molecular weight is 238 g/mol. The first-order valence-corrected chi connectivity index (χ1v) is 5.51. The largest absolute Gasteiger partial charge is 0.386 e. The molecule has 1 N–H and O–H groups in total. The van der Waals surface area contributed by atoms with E-state index in [1.165, 1.54) is 6.20 Å². The standard InChI is InChI=1S/C11H18N4O2/c1-9(6-8-14(2)3)13-10-5-4-7-12-11(10)15(16)17/h4-5,7,9,13H,6,8H2,1-3H3. The van der Waals surface area contributed by atoms with E-state index in [0.29, 0.717) is 5.69 Å². The molecule has 0 radical (unpaired) electrons. The normalized spacial score (nSPS) is 12.5. The summed E-state index contributed by atoms with van der Waals surface area (Å²) in [4.78, 5) is 16.1.